The van der Waals surface area contributed by atoms with Gasteiger partial charge in [-0.05, 0) is 30.2 Å². The third-order valence-electron chi connectivity index (χ3n) is 4.05. The van der Waals surface area contributed by atoms with Gasteiger partial charge in [0.05, 0.1) is 0 Å². The van der Waals surface area contributed by atoms with Crippen LogP contribution in [0.25, 0.3) is 0 Å². The summed E-state index contributed by atoms with van der Waals surface area (Å²) in [6.45, 7) is 4.15. The molecule has 0 aliphatic rings. The Morgan fingerprint density at radius 3 is 2.28 bits per heavy atom. The van der Waals surface area contributed by atoms with E-state index in [2.05, 4.69) is 5.32 Å². The molecule has 4 nitrogen and oxygen atoms in total. The fraction of sp³-hybridized carbons (Fsp3) is 0.300. The van der Waals surface area contributed by atoms with Crippen molar-refractivity contribution < 1.29 is 14.0 Å². The van der Waals surface area contributed by atoms with Crippen LogP contribution < -0.4 is 5.32 Å². The first-order chi connectivity index (χ1) is 12.0. The summed E-state index contributed by atoms with van der Waals surface area (Å²) in [5, 5.41) is 2.86. The van der Waals surface area contributed by atoms with E-state index in [9.17, 15) is 14.0 Å². The van der Waals surface area contributed by atoms with Gasteiger partial charge in [0.25, 0.3) is 0 Å². The number of nitrogens with zero attached hydrogens (tertiary/aromatic N) is 1. The van der Waals surface area contributed by atoms with Gasteiger partial charge in [-0.3, -0.25) is 9.59 Å². The largest absolute Gasteiger partial charge is 0.350 e. The lowest BCUT2D eigenvalue weighted by Gasteiger charge is -2.28. The number of halogens is 1. The van der Waals surface area contributed by atoms with Crippen LogP contribution in [-0.2, 0) is 22.7 Å². The second-order valence-corrected chi connectivity index (χ2v) is 5.88. The Morgan fingerprint density at radius 2 is 1.68 bits per heavy atom. The van der Waals surface area contributed by atoms with Crippen molar-refractivity contribution in [3.63, 3.8) is 0 Å². The van der Waals surface area contributed by atoms with E-state index in [1.54, 1.807) is 26.0 Å². The summed E-state index contributed by atoms with van der Waals surface area (Å²) in [5.41, 5.74) is 1.78. The molecule has 132 valence electrons. The van der Waals surface area contributed by atoms with Crippen LogP contribution in [0.5, 0.6) is 0 Å². The summed E-state index contributed by atoms with van der Waals surface area (Å²) in [5.74, 6) is -0.662. The zero-order chi connectivity index (χ0) is 18.2. The molecule has 0 saturated heterocycles. The van der Waals surface area contributed by atoms with Crippen molar-refractivity contribution in [3.8, 4) is 0 Å². The van der Waals surface area contributed by atoms with Crippen molar-refractivity contribution in [1.29, 1.82) is 0 Å². The van der Waals surface area contributed by atoms with Crippen LogP contribution >= 0.6 is 0 Å². The highest BCUT2D eigenvalue weighted by Crippen LogP contribution is 2.12. The topological polar surface area (TPSA) is 49.4 Å². The predicted octanol–water partition coefficient (Wildman–Crippen LogP) is 3.27. The van der Waals surface area contributed by atoms with Crippen LogP contribution in [0.4, 0.5) is 4.39 Å². The van der Waals surface area contributed by atoms with Crippen LogP contribution in [0.1, 0.15) is 31.4 Å². The Labute approximate surface area is 147 Å². The molecule has 0 aliphatic heterocycles. The summed E-state index contributed by atoms with van der Waals surface area (Å²) in [7, 11) is 0. The van der Waals surface area contributed by atoms with Crippen molar-refractivity contribution in [3.05, 3.63) is 71.5 Å². The minimum atomic E-state index is -0.610. The Kier molecular flexibility index (Phi) is 6.69. The van der Waals surface area contributed by atoms with E-state index in [-0.39, 0.29) is 24.2 Å². The lowest BCUT2D eigenvalue weighted by Crippen LogP contribution is -2.47. The minimum Gasteiger partial charge on any atom is -0.350 e. The minimum absolute atomic E-state index is 0.119. The van der Waals surface area contributed by atoms with Gasteiger partial charge in [0.1, 0.15) is 11.9 Å². The Hall–Kier alpha value is -2.69. The second kappa shape index (κ2) is 8.97. The Morgan fingerprint density at radius 1 is 1.04 bits per heavy atom. The highest BCUT2D eigenvalue weighted by atomic mass is 19.1. The monoisotopic (exact) mass is 342 g/mol. The van der Waals surface area contributed by atoms with Gasteiger partial charge in [-0.1, -0.05) is 49.4 Å². The van der Waals surface area contributed by atoms with E-state index >= 15 is 0 Å². The molecule has 25 heavy (non-hydrogen) atoms. The SMILES string of the molecule is CCC(=O)N(Cc1ccc(F)cc1)[C@H](C)C(=O)NCc1ccccc1. The molecule has 0 aliphatic carbocycles. The zero-order valence-corrected chi connectivity index (χ0v) is 14.5. The van der Waals surface area contributed by atoms with Crippen molar-refractivity contribution in [2.45, 2.75) is 39.4 Å². The fourth-order valence-electron chi connectivity index (χ4n) is 2.50. The molecule has 0 heterocycles. The van der Waals surface area contributed by atoms with Crippen LogP contribution in [0.15, 0.2) is 54.6 Å². The number of hydrogen-bond acceptors (Lipinski definition) is 2. The maximum absolute atomic E-state index is 13.1. The normalized spacial score (nSPS) is 11.6. The number of hydrogen-bond donors (Lipinski definition) is 1. The smallest absolute Gasteiger partial charge is 0.242 e. The van der Waals surface area contributed by atoms with E-state index in [1.807, 2.05) is 30.3 Å². The summed E-state index contributed by atoms with van der Waals surface area (Å²) < 4.78 is 13.1. The molecular weight excluding hydrogens is 319 g/mol. The predicted molar refractivity (Wildman–Crippen MR) is 95.0 cm³/mol. The molecule has 0 radical (unpaired) electrons. The molecule has 2 rings (SSSR count). The van der Waals surface area contributed by atoms with E-state index in [4.69, 9.17) is 0 Å². The molecule has 0 aromatic heterocycles. The number of amides is 2. The average Bonchev–Trinajstić information content (AvgIpc) is 2.65. The lowest BCUT2D eigenvalue weighted by molar-refractivity contribution is -0.140. The van der Waals surface area contributed by atoms with Gasteiger partial charge >= 0.3 is 0 Å². The Bertz CT molecular complexity index is 701. The molecule has 5 heteroatoms. The molecule has 0 bridgehead atoms. The van der Waals surface area contributed by atoms with Gasteiger partial charge in [0, 0.05) is 19.5 Å². The summed E-state index contributed by atoms with van der Waals surface area (Å²) in [6.07, 6.45) is 0.303. The number of carbonyl (C=O) groups is 2. The quantitative estimate of drug-likeness (QED) is 0.839. The highest BCUT2D eigenvalue weighted by Gasteiger charge is 2.24. The second-order valence-electron chi connectivity index (χ2n) is 5.88. The molecule has 0 spiro atoms. The van der Waals surface area contributed by atoms with Crippen molar-refractivity contribution in [2.24, 2.45) is 0 Å². The van der Waals surface area contributed by atoms with E-state index < -0.39 is 6.04 Å². The standard InChI is InChI=1S/C20H23FN2O2/c1-3-19(24)23(14-17-9-11-18(21)12-10-17)15(2)20(25)22-13-16-7-5-4-6-8-16/h4-12,15H,3,13-14H2,1-2H3,(H,22,25)/t15-/m1/s1. The maximum Gasteiger partial charge on any atom is 0.242 e. The molecule has 2 aromatic rings. The first-order valence-electron chi connectivity index (χ1n) is 8.36. The zero-order valence-electron chi connectivity index (χ0n) is 14.5. The third-order valence-corrected chi connectivity index (χ3v) is 4.05. The van der Waals surface area contributed by atoms with Crippen LogP contribution in [0, 0.1) is 5.82 Å². The van der Waals surface area contributed by atoms with Gasteiger partial charge < -0.3 is 10.2 Å². The highest BCUT2D eigenvalue weighted by molar-refractivity contribution is 5.87. The van der Waals surface area contributed by atoms with E-state index in [0.29, 0.717) is 13.0 Å². The molecule has 2 amide bonds. The summed E-state index contributed by atoms with van der Waals surface area (Å²) in [4.78, 5) is 26.3. The number of rotatable bonds is 7. The molecule has 0 fully saturated rings. The van der Waals surface area contributed by atoms with Gasteiger partial charge in [0.15, 0.2) is 0 Å². The van der Waals surface area contributed by atoms with Gasteiger partial charge in [-0.25, -0.2) is 4.39 Å². The van der Waals surface area contributed by atoms with Crippen LogP contribution in [0.2, 0.25) is 0 Å². The van der Waals surface area contributed by atoms with E-state index in [1.165, 1.54) is 17.0 Å². The number of benzene rings is 2. The van der Waals surface area contributed by atoms with Gasteiger partial charge in [-0.15, -0.1) is 0 Å². The summed E-state index contributed by atoms with van der Waals surface area (Å²) in [6, 6.07) is 14.9. The number of nitrogens with one attached hydrogen (secondary N) is 1. The molecule has 0 saturated carbocycles. The first kappa shape index (κ1) is 18.6. The van der Waals surface area contributed by atoms with Crippen LogP contribution in [-0.4, -0.2) is 22.8 Å². The molecule has 1 atom stereocenters. The number of carbonyl (C=O) groups excluding carboxylic acids is 2. The van der Waals surface area contributed by atoms with Crippen molar-refractivity contribution in [1.82, 2.24) is 10.2 Å². The van der Waals surface area contributed by atoms with E-state index in [0.717, 1.165) is 11.1 Å². The van der Waals surface area contributed by atoms with Gasteiger partial charge in [-0.2, -0.15) is 0 Å². The molecule has 0 unspecified atom stereocenters. The Balaban J connectivity index is 2.03. The molecular formula is C20H23FN2O2. The fourth-order valence-corrected chi connectivity index (χ4v) is 2.50. The lowest BCUT2D eigenvalue weighted by atomic mass is 10.1. The molecule has 1 N–H and O–H groups in total. The van der Waals surface area contributed by atoms with Crippen molar-refractivity contribution in [2.75, 3.05) is 0 Å². The first-order valence-corrected chi connectivity index (χ1v) is 8.36. The average molecular weight is 342 g/mol. The summed E-state index contributed by atoms with van der Waals surface area (Å²) >= 11 is 0. The van der Waals surface area contributed by atoms with Crippen molar-refractivity contribution >= 4 is 11.8 Å². The maximum atomic E-state index is 13.1. The third kappa shape index (κ3) is 5.41. The molecule has 2 aromatic carbocycles. The van der Waals surface area contributed by atoms with Gasteiger partial charge in [0.2, 0.25) is 11.8 Å². The van der Waals surface area contributed by atoms with Crippen LogP contribution in [0.3, 0.4) is 0 Å².